The maximum atomic E-state index is 13.4. The topological polar surface area (TPSA) is 96.5 Å². The molecule has 2 aromatic rings. The van der Waals surface area contributed by atoms with Crippen molar-refractivity contribution in [2.75, 3.05) is 23.3 Å². The Morgan fingerprint density at radius 2 is 2.06 bits per heavy atom. The number of carbonyl (C=O) groups excluding carboxylic acids is 2. The molecule has 1 atom stereocenters. The molecular formula is C21H25BrFN5O3. The SMILES string of the molecule is CC(C)(C)OC(=O)N[C@H]1CCCN(c2ccncc2NC(=O)c2ccc(F)c(Br)n2)C1. The lowest BCUT2D eigenvalue weighted by Gasteiger charge is -2.35. The third-order valence-corrected chi connectivity index (χ3v) is 5.12. The molecule has 2 aromatic heterocycles. The molecular weight excluding hydrogens is 469 g/mol. The number of ether oxygens (including phenoxy) is 1. The summed E-state index contributed by atoms with van der Waals surface area (Å²) in [7, 11) is 0. The summed E-state index contributed by atoms with van der Waals surface area (Å²) in [5, 5.41) is 5.71. The van der Waals surface area contributed by atoms with Crippen molar-refractivity contribution in [2.45, 2.75) is 45.3 Å². The maximum Gasteiger partial charge on any atom is 0.407 e. The predicted octanol–water partition coefficient (Wildman–Crippen LogP) is 4.12. The summed E-state index contributed by atoms with van der Waals surface area (Å²) in [5.74, 6) is -1.02. The van der Waals surface area contributed by atoms with E-state index in [1.165, 1.54) is 12.1 Å². The second kappa shape index (κ2) is 9.59. The molecule has 2 amide bonds. The first-order chi connectivity index (χ1) is 14.6. The Bertz CT molecular complexity index is 966. The van der Waals surface area contributed by atoms with Gasteiger partial charge in [-0.1, -0.05) is 0 Å². The number of carbonyl (C=O) groups is 2. The summed E-state index contributed by atoms with van der Waals surface area (Å²) in [4.78, 5) is 34.9. The van der Waals surface area contributed by atoms with Crippen LogP contribution in [0.5, 0.6) is 0 Å². The Morgan fingerprint density at radius 3 is 2.77 bits per heavy atom. The smallest absolute Gasteiger partial charge is 0.407 e. The molecule has 3 heterocycles. The van der Waals surface area contributed by atoms with E-state index in [1.54, 1.807) is 18.5 Å². The fraction of sp³-hybridized carbons (Fsp3) is 0.429. The number of nitrogens with one attached hydrogen (secondary N) is 2. The van der Waals surface area contributed by atoms with Gasteiger partial charge in [-0.2, -0.15) is 0 Å². The summed E-state index contributed by atoms with van der Waals surface area (Å²) in [5.41, 5.74) is 0.795. The fourth-order valence-corrected chi connectivity index (χ4v) is 3.60. The number of piperidine rings is 1. The Morgan fingerprint density at radius 1 is 1.29 bits per heavy atom. The molecule has 3 rings (SSSR count). The highest BCUT2D eigenvalue weighted by molar-refractivity contribution is 9.10. The molecule has 166 valence electrons. The molecule has 1 aliphatic heterocycles. The molecule has 8 nitrogen and oxygen atoms in total. The normalized spacial score (nSPS) is 16.5. The number of nitrogens with zero attached hydrogens (tertiary/aromatic N) is 3. The van der Waals surface area contributed by atoms with Gasteiger partial charge >= 0.3 is 6.09 Å². The molecule has 0 spiro atoms. The molecule has 0 aliphatic carbocycles. The highest BCUT2D eigenvalue weighted by Gasteiger charge is 2.26. The number of amides is 2. The van der Waals surface area contributed by atoms with Gasteiger partial charge in [-0.15, -0.1) is 0 Å². The van der Waals surface area contributed by atoms with Crippen LogP contribution in [0.25, 0.3) is 0 Å². The average molecular weight is 494 g/mol. The van der Waals surface area contributed by atoms with Crippen molar-refractivity contribution in [1.82, 2.24) is 15.3 Å². The zero-order valence-corrected chi connectivity index (χ0v) is 19.2. The van der Waals surface area contributed by atoms with Gasteiger partial charge in [-0.3, -0.25) is 9.78 Å². The van der Waals surface area contributed by atoms with E-state index in [0.717, 1.165) is 25.1 Å². The third-order valence-electron chi connectivity index (χ3n) is 4.57. The first-order valence-electron chi connectivity index (χ1n) is 9.94. The van der Waals surface area contributed by atoms with Crippen molar-refractivity contribution in [1.29, 1.82) is 0 Å². The van der Waals surface area contributed by atoms with E-state index in [9.17, 15) is 14.0 Å². The Kier molecular flexibility index (Phi) is 7.09. The van der Waals surface area contributed by atoms with Gasteiger partial charge in [0.15, 0.2) is 5.82 Å². The van der Waals surface area contributed by atoms with Gasteiger partial charge in [-0.05, 0) is 67.7 Å². The molecule has 1 saturated heterocycles. The number of aromatic nitrogens is 2. The second-order valence-corrected chi connectivity index (χ2v) is 9.00. The minimum Gasteiger partial charge on any atom is -0.444 e. The van der Waals surface area contributed by atoms with Gasteiger partial charge in [0.25, 0.3) is 5.91 Å². The van der Waals surface area contributed by atoms with Crippen LogP contribution in [0.2, 0.25) is 0 Å². The molecule has 0 unspecified atom stereocenters. The van der Waals surface area contributed by atoms with Crippen molar-refractivity contribution in [2.24, 2.45) is 0 Å². The first kappa shape index (κ1) is 22.9. The van der Waals surface area contributed by atoms with Crippen LogP contribution in [0.1, 0.15) is 44.1 Å². The highest BCUT2D eigenvalue weighted by atomic mass is 79.9. The lowest BCUT2D eigenvalue weighted by atomic mass is 10.0. The van der Waals surface area contributed by atoms with Crippen molar-refractivity contribution >= 4 is 39.3 Å². The monoisotopic (exact) mass is 493 g/mol. The highest BCUT2D eigenvalue weighted by Crippen LogP contribution is 2.28. The lowest BCUT2D eigenvalue weighted by Crippen LogP contribution is -2.49. The van der Waals surface area contributed by atoms with Crippen LogP contribution < -0.4 is 15.5 Å². The van der Waals surface area contributed by atoms with Crippen LogP contribution >= 0.6 is 15.9 Å². The largest absolute Gasteiger partial charge is 0.444 e. The Hall–Kier alpha value is -2.75. The van der Waals surface area contributed by atoms with Crippen LogP contribution in [0.4, 0.5) is 20.6 Å². The Labute approximate surface area is 188 Å². The number of alkyl carbamates (subject to hydrolysis) is 1. The molecule has 0 bridgehead atoms. The minimum absolute atomic E-state index is 0.0290. The van der Waals surface area contributed by atoms with Crippen molar-refractivity contribution < 1.29 is 18.7 Å². The quantitative estimate of drug-likeness (QED) is 0.621. The van der Waals surface area contributed by atoms with Crippen molar-refractivity contribution in [3.05, 3.63) is 46.7 Å². The number of anilines is 2. The summed E-state index contributed by atoms with van der Waals surface area (Å²) in [6.07, 6.45) is 4.44. The number of rotatable bonds is 4. The summed E-state index contributed by atoms with van der Waals surface area (Å²) < 4.78 is 18.7. The van der Waals surface area contributed by atoms with E-state index < -0.39 is 23.4 Å². The fourth-order valence-electron chi connectivity index (χ4n) is 3.28. The van der Waals surface area contributed by atoms with Gasteiger partial charge in [-0.25, -0.2) is 14.2 Å². The summed E-state index contributed by atoms with van der Waals surface area (Å²) in [6, 6.07) is 4.20. The van der Waals surface area contributed by atoms with Crippen LogP contribution in [0, 0.1) is 5.82 Å². The third kappa shape index (κ3) is 6.36. The molecule has 2 N–H and O–H groups in total. The standard InChI is InChI=1S/C21H25BrFN5O3/c1-21(2,3)31-20(30)25-13-5-4-10-28(12-13)17-8-9-24-11-16(17)27-19(29)15-7-6-14(23)18(22)26-15/h6-9,11,13H,4-5,10,12H2,1-3H3,(H,25,30)(H,27,29)/t13-/m0/s1. The van der Waals surface area contributed by atoms with Gasteiger partial charge in [0.1, 0.15) is 15.9 Å². The first-order valence-corrected chi connectivity index (χ1v) is 10.7. The molecule has 31 heavy (non-hydrogen) atoms. The average Bonchev–Trinajstić information content (AvgIpc) is 2.69. The molecule has 0 radical (unpaired) electrons. The van der Waals surface area contributed by atoms with Crippen molar-refractivity contribution in [3.63, 3.8) is 0 Å². The summed E-state index contributed by atoms with van der Waals surface area (Å²) in [6.45, 7) is 6.78. The zero-order chi connectivity index (χ0) is 22.6. The van der Waals surface area contributed by atoms with E-state index in [4.69, 9.17) is 4.74 Å². The summed E-state index contributed by atoms with van der Waals surface area (Å²) >= 11 is 2.99. The zero-order valence-electron chi connectivity index (χ0n) is 17.6. The van der Waals surface area contributed by atoms with Crippen LogP contribution in [-0.4, -0.2) is 46.7 Å². The number of hydrogen-bond donors (Lipinski definition) is 2. The number of hydrogen-bond acceptors (Lipinski definition) is 6. The van der Waals surface area contributed by atoms with Crippen LogP contribution in [0.15, 0.2) is 35.2 Å². The van der Waals surface area contributed by atoms with Crippen LogP contribution in [-0.2, 0) is 4.74 Å². The Balaban J connectivity index is 1.71. The van der Waals surface area contributed by atoms with E-state index >= 15 is 0 Å². The molecule has 0 saturated carbocycles. The number of halogens is 2. The van der Waals surface area contributed by atoms with Crippen molar-refractivity contribution in [3.8, 4) is 0 Å². The van der Waals surface area contributed by atoms with E-state index in [2.05, 4.69) is 41.4 Å². The van der Waals surface area contributed by atoms with Crippen LogP contribution in [0.3, 0.4) is 0 Å². The minimum atomic E-state index is -0.565. The van der Waals surface area contributed by atoms with Gasteiger partial charge in [0, 0.05) is 25.3 Å². The van der Waals surface area contributed by atoms with E-state index in [1.807, 2.05) is 20.8 Å². The van der Waals surface area contributed by atoms with Gasteiger partial charge in [0.05, 0.1) is 17.6 Å². The van der Waals surface area contributed by atoms with E-state index in [-0.39, 0.29) is 16.3 Å². The predicted molar refractivity (Wildman–Crippen MR) is 119 cm³/mol. The molecule has 1 aliphatic rings. The molecule has 1 fully saturated rings. The number of pyridine rings is 2. The van der Waals surface area contributed by atoms with E-state index in [0.29, 0.717) is 12.2 Å². The molecule has 0 aromatic carbocycles. The lowest BCUT2D eigenvalue weighted by molar-refractivity contribution is 0.0500. The molecule has 10 heteroatoms. The van der Waals surface area contributed by atoms with Gasteiger partial charge in [0.2, 0.25) is 0 Å². The maximum absolute atomic E-state index is 13.4. The second-order valence-electron chi connectivity index (χ2n) is 8.25. The van der Waals surface area contributed by atoms with Gasteiger partial charge < -0.3 is 20.3 Å².